The van der Waals surface area contributed by atoms with Crippen LogP contribution in [-0.4, -0.2) is 6.04 Å². The molecule has 18 heavy (non-hydrogen) atoms. The Labute approximate surface area is 112 Å². The van der Waals surface area contributed by atoms with Crippen LogP contribution in [0.3, 0.4) is 0 Å². The van der Waals surface area contributed by atoms with Crippen molar-refractivity contribution in [3.8, 4) is 0 Å². The molecule has 3 heteroatoms. The molecule has 0 bridgehead atoms. The van der Waals surface area contributed by atoms with Crippen molar-refractivity contribution in [2.24, 2.45) is 5.73 Å². The van der Waals surface area contributed by atoms with Crippen LogP contribution in [0.15, 0.2) is 24.3 Å². The van der Waals surface area contributed by atoms with Gasteiger partial charge in [0.15, 0.2) is 0 Å². The molecule has 0 unspecified atom stereocenters. The van der Waals surface area contributed by atoms with Crippen molar-refractivity contribution in [3.05, 3.63) is 34.7 Å². The van der Waals surface area contributed by atoms with Crippen LogP contribution in [-0.2, 0) is 13.1 Å². The summed E-state index contributed by atoms with van der Waals surface area (Å²) in [4.78, 5) is 1.43. The van der Waals surface area contributed by atoms with Crippen LogP contribution >= 0.6 is 11.3 Å². The Bertz CT molecular complexity index is 526. The van der Waals surface area contributed by atoms with Crippen LogP contribution < -0.4 is 11.1 Å². The van der Waals surface area contributed by atoms with Crippen LogP contribution in [0.5, 0.6) is 0 Å². The number of nitrogens with one attached hydrogen (secondary N) is 1. The molecule has 3 N–H and O–H groups in total. The van der Waals surface area contributed by atoms with Crippen LogP contribution in [0.4, 0.5) is 0 Å². The SMILES string of the molecule is NCc1cccc2cc(CNC3CCCC3)sc12. The van der Waals surface area contributed by atoms with E-state index < -0.39 is 0 Å². The first-order valence-electron chi connectivity index (χ1n) is 6.80. The summed E-state index contributed by atoms with van der Waals surface area (Å²) in [6.45, 7) is 1.64. The maximum atomic E-state index is 5.79. The second kappa shape index (κ2) is 5.39. The van der Waals surface area contributed by atoms with E-state index in [1.165, 1.54) is 46.2 Å². The normalized spacial score (nSPS) is 16.7. The third kappa shape index (κ3) is 2.44. The fourth-order valence-electron chi connectivity index (χ4n) is 2.80. The molecule has 3 rings (SSSR count). The Morgan fingerprint density at radius 1 is 1.28 bits per heavy atom. The van der Waals surface area contributed by atoms with Crippen molar-refractivity contribution in [2.75, 3.05) is 0 Å². The van der Waals surface area contributed by atoms with Crippen molar-refractivity contribution in [2.45, 2.75) is 44.8 Å². The number of rotatable bonds is 4. The van der Waals surface area contributed by atoms with Gasteiger partial charge in [0.2, 0.25) is 0 Å². The summed E-state index contributed by atoms with van der Waals surface area (Å²) < 4.78 is 1.36. The van der Waals surface area contributed by atoms with Crippen LogP contribution in [0.25, 0.3) is 10.1 Å². The van der Waals surface area contributed by atoms with Crippen molar-refractivity contribution >= 4 is 21.4 Å². The van der Waals surface area contributed by atoms with Crippen molar-refractivity contribution in [1.82, 2.24) is 5.32 Å². The van der Waals surface area contributed by atoms with Gasteiger partial charge in [-0.1, -0.05) is 31.0 Å². The molecule has 0 radical (unpaired) electrons. The highest BCUT2D eigenvalue weighted by atomic mass is 32.1. The number of fused-ring (bicyclic) bond motifs is 1. The highest BCUT2D eigenvalue weighted by Gasteiger charge is 2.14. The third-order valence-electron chi connectivity index (χ3n) is 3.82. The average Bonchev–Trinajstić information content (AvgIpc) is 3.04. The van der Waals surface area contributed by atoms with Crippen molar-refractivity contribution in [3.63, 3.8) is 0 Å². The lowest BCUT2D eigenvalue weighted by atomic mass is 10.1. The molecule has 1 aliphatic rings. The van der Waals surface area contributed by atoms with E-state index in [2.05, 4.69) is 29.6 Å². The molecule has 0 spiro atoms. The molecule has 0 amide bonds. The zero-order valence-electron chi connectivity index (χ0n) is 10.6. The van der Waals surface area contributed by atoms with E-state index in [0.717, 1.165) is 12.6 Å². The molecule has 0 atom stereocenters. The number of thiophene rings is 1. The van der Waals surface area contributed by atoms with E-state index in [1.807, 2.05) is 11.3 Å². The van der Waals surface area contributed by atoms with Gasteiger partial charge in [-0.3, -0.25) is 0 Å². The topological polar surface area (TPSA) is 38.0 Å². The zero-order valence-corrected chi connectivity index (χ0v) is 11.4. The molecule has 1 heterocycles. The minimum Gasteiger partial charge on any atom is -0.326 e. The molecule has 1 aromatic carbocycles. The third-order valence-corrected chi connectivity index (χ3v) is 5.04. The van der Waals surface area contributed by atoms with Crippen LogP contribution in [0.1, 0.15) is 36.1 Å². The second-order valence-electron chi connectivity index (χ2n) is 5.11. The van der Waals surface area contributed by atoms with Gasteiger partial charge >= 0.3 is 0 Å². The number of hydrogen-bond donors (Lipinski definition) is 2. The number of hydrogen-bond acceptors (Lipinski definition) is 3. The summed E-state index contributed by atoms with van der Waals surface area (Å²) >= 11 is 1.89. The fourth-order valence-corrected chi connectivity index (χ4v) is 3.93. The Kier molecular flexibility index (Phi) is 3.64. The summed E-state index contributed by atoms with van der Waals surface area (Å²) in [6.07, 6.45) is 5.47. The molecule has 2 aromatic rings. The highest BCUT2D eigenvalue weighted by molar-refractivity contribution is 7.19. The molecule has 0 aliphatic heterocycles. The van der Waals surface area contributed by atoms with E-state index in [1.54, 1.807) is 0 Å². The maximum Gasteiger partial charge on any atom is 0.0391 e. The molecule has 96 valence electrons. The number of benzene rings is 1. The van der Waals surface area contributed by atoms with Gasteiger partial charge in [-0.2, -0.15) is 0 Å². The summed E-state index contributed by atoms with van der Waals surface area (Å²) in [6, 6.07) is 9.47. The predicted octanol–water partition coefficient (Wildman–Crippen LogP) is 3.39. The molecule has 1 saturated carbocycles. The predicted molar refractivity (Wildman–Crippen MR) is 78.8 cm³/mol. The number of nitrogens with two attached hydrogens (primary N) is 1. The summed E-state index contributed by atoms with van der Waals surface area (Å²) in [5.74, 6) is 0. The van der Waals surface area contributed by atoms with Gasteiger partial charge in [-0.05, 0) is 29.9 Å². The van der Waals surface area contributed by atoms with Crippen molar-refractivity contribution < 1.29 is 0 Å². The van der Waals surface area contributed by atoms with Crippen LogP contribution in [0.2, 0.25) is 0 Å². The van der Waals surface area contributed by atoms with E-state index in [9.17, 15) is 0 Å². The van der Waals surface area contributed by atoms with Gasteiger partial charge in [0.1, 0.15) is 0 Å². The average molecular weight is 260 g/mol. The quantitative estimate of drug-likeness (QED) is 0.884. The van der Waals surface area contributed by atoms with E-state index >= 15 is 0 Å². The van der Waals surface area contributed by atoms with Gasteiger partial charge in [-0.25, -0.2) is 0 Å². The first kappa shape index (κ1) is 12.2. The van der Waals surface area contributed by atoms with Gasteiger partial charge < -0.3 is 11.1 Å². The molecule has 1 aliphatic carbocycles. The Balaban J connectivity index is 1.76. The molecular formula is C15H20N2S. The monoisotopic (exact) mass is 260 g/mol. The zero-order chi connectivity index (χ0) is 12.4. The fraction of sp³-hybridized carbons (Fsp3) is 0.467. The van der Waals surface area contributed by atoms with E-state index in [-0.39, 0.29) is 0 Å². The maximum absolute atomic E-state index is 5.79. The highest BCUT2D eigenvalue weighted by Crippen LogP contribution is 2.29. The summed E-state index contributed by atoms with van der Waals surface area (Å²) in [5, 5.41) is 5.01. The molecule has 2 nitrogen and oxygen atoms in total. The first-order chi connectivity index (χ1) is 8.86. The lowest BCUT2D eigenvalue weighted by Crippen LogP contribution is -2.24. The Morgan fingerprint density at radius 2 is 2.11 bits per heavy atom. The van der Waals surface area contributed by atoms with Gasteiger partial charge in [0, 0.05) is 28.7 Å². The summed E-state index contributed by atoms with van der Waals surface area (Å²) in [5.41, 5.74) is 7.06. The largest absolute Gasteiger partial charge is 0.326 e. The van der Waals surface area contributed by atoms with Gasteiger partial charge in [0.25, 0.3) is 0 Å². The van der Waals surface area contributed by atoms with E-state index in [4.69, 9.17) is 5.73 Å². The molecule has 1 fully saturated rings. The smallest absolute Gasteiger partial charge is 0.0391 e. The standard InChI is InChI=1S/C15H20N2S/c16-9-12-5-3-4-11-8-14(18-15(11)12)10-17-13-6-1-2-7-13/h3-5,8,13,17H,1-2,6-7,9-10,16H2. The van der Waals surface area contributed by atoms with Gasteiger partial charge in [0.05, 0.1) is 0 Å². The van der Waals surface area contributed by atoms with Crippen LogP contribution in [0, 0.1) is 0 Å². The molecule has 1 aromatic heterocycles. The minimum absolute atomic E-state index is 0.632. The van der Waals surface area contributed by atoms with Gasteiger partial charge in [-0.15, -0.1) is 11.3 Å². The minimum atomic E-state index is 0.632. The summed E-state index contributed by atoms with van der Waals surface area (Å²) in [7, 11) is 0. The lowest BCUT2D eigenvalue weighted by molar-refractivity contribution is 0.527. The Morgan fingerprint density at radius 3 is 2.89 bits per heavy atom. The Hall–Kier alpha value is -0.900. The second-order valence-corrected chi connectivity index (χ2v) is 6.25. The van der Waals surface area contributed by atoms with Crippen molar-refractivity contribution in [1.29, 1.82) is 0 Å². The lowest BCUT2D eigenvalue weighted by Gasteiger charge is -2.09. The molecular weight excluding hydrogens is 240 g/mol. The van der Waals surface area contributed by atoms with E-state index in [0.29, 0.717) is 6.54 Å². The molecule has 0 saturated heterocycles. The first-order valence-corrected chi connectivity index (χ1v) is 7.62.